The molecule has 122 valence electrons. The second kappa shape index (κ2) is 4.53. The molecule has 5 rings (SSSR count). The number of nitrogens with zero attached hydrogens (tertiary/aromatic N) is 4. The molecule has 0 unspecified atom stereocenters. The largest absolute Gasteiger partial charge is 0.394 e. The van der Waals surface area contributed by atoms with E-state index in [2.05, 4.69) is 19.9 Å². The normalized spacial score (nSPS) is 29.8. The highest BCUT2D eigenvalue weighted by molar-refractivity contribution is 6.28. The first-order valence-corrected chi connectivity index (χ1v) is 7.83. The van der Waals surface area contributed by atoms with Crippen LogP contribution >= 0.6 is 11.6 Å². The lowest BCUT2D eigenvalue weighted by molar-refractivity contribution is -0.244. The van der Waals surface area contributed by atoms with Gasteiger partial charge in [-0.1, -0.05) is 0 Å². The molecule has 2 heterocycles. The van der Waals surface area contributed by atoms with Crippen LogP contribution in [0.5, 0.6) is 0 Å². The van der Waals surface area contributed by atoms with Gasteiger partial charge < -0.3 is 0 Å². The molecule has 2 aromatic rings. The van der Waals surface area contributed by atoms with Gasteiger partial charge in [-0.15, -0.1) is 0 Å². The number of rotatable bonds is 1. The van der Waals surface area contributed by atoms with Crippen LogP contribution in [0, 0.1) is 25.2 Å². The van der Waals surface area contributed by atoms with E-state index in [9.17, 15) is 13.2 Å². The second-order valence-corrected chi connectivity index (χ2v) is 7.04. The molecule has 2 bridgehead atoms. The lowest BCUT2D eigenvalue weighted by atomic mass is 9.69. The average Bonchev–Trinajstić information content (AvgIpc) is 2.95. The molecule has 1 atom stereocenters. The van der Waals surface area contributed by atoms with Crippen molar-refractivity contribution in [3.63, 3.8) is 0 Å². The fourth-order valence-electron chi connectivity index (χ4n) is 4.01. The van der Waals surface area contributed by atoms with Crippen molar-refractivity contribution in [2.24, 2.45) is 11.3 Å². The smallest absolute Gasteiger partial charge is 0.246 e. The number of halogens is 4. The molecule has 23 heavy (non-hydrogen) atoms. The minimum Gasteiger partial charge on any atom is -0.246 e. The average molecular weight is 343 g/mol. The van der Waals surface area contributed by atoms with Gasteiger partial charge in [-0.2, -0.15) is 18.2 Å². The lowest BCUT2D eigenvalue weighted by Gasteiger charge is -2.39. The molecule has 0 saturated heterocycles. The molecule has 3 fully saturated rings. The van der Waals surface area contributed by atoms with Gasteiger partial charge in [0.15, 0.2) is 5.65 Å². The Hall–Kier alpha value is -1.50. The van der Waals surface area contributed by atoms with Gasteiger partial charge in [-0.05, 0) is 50.6 Å². The Morgan fingerprint density at radius 2 is 1.65 bits per heavy atom. The first-order valence-electron chi connectivity index (χ1n) is 7.45. The Balaban J connectivity index is 1.83. The van der Waals surface area contributed by atoms with Gasteiger partial charge in [0.2, 0.25) is 5.28 Å². The van der Waals surface area contributed by atoms with Crippen LogP contribution in [-0.4, -0.2) is 26.1 Å². The van der Waals surface area contributed by atoms with Crippen molar-refractivity contribution in [1.29, 1.82) is 0 Å². The van der Waals surface area contributed by atoms with E-state index < -0.39 is 11.6 Å². The highest BCUT2D eigenvalue weighted by Crippen LogP contribution is 2.70. The zero-order chi connectivity index (χ0) is 16.6. The molecule has 3 aliphatic rings. The van der Waals surface area contributed by atoms with Gasteiger partial charge in [0.1, 0.15) is 5.52 Å². The summed E-state index contributed by atoms with van der Waals surface area (Å²) in [5.74, 6) is -0.301. The number of aryl methyl sites for hydroxylation is 2. The summed E-state index contributed by atoms with van der Waals surface area (Å²) < 4.78 is 39.9. The summed E-state index contributed by atoms with van der Waals surface area (Å²) in [7, 11) is 0. The molecule has 0 aliphatic heterocycles. The van der Waals surface area contributed by atoms with Crippen LogP contribution < -0.4 is 0 Å². The van der Waals surface area contributed by atoms with Crippen molar-refractivity contribution in [3.05, 3.63) is 22.4 Å². The second-order valence-electron chi connectivity index (χ2n) is 6.70. The molecule has 3 saturated carbocycles. The monoisotopic (exact) mass is 342 g/mol. The number of alkyl halides is 3. The van der Waals surface area contributed by atoms with E-state index in [0.29, 0.717) is 16.9 Å². The van der Waals surface area contributed by atoms with Gasteiger partial charge in [0.25, 0.3) is 0 Å². The Kier molecular flexibility index (Phi) is 2.96. The summed E-state index contributed by atoms with van der Waals surface area (Å²) in [4.78, 5) is 17.1. The van der Waals surface area contributed by atoms with E-state index in [1.807, 2.05) is 13.8 Å². The van der Waals surface area contributed by atoms with E-state index >= 15 is 0 Å². The summed E-state index contributed by atoms with van der Waals surface area (Å²) in [5, 5.41) is 0.00946. The summed E-state index contributed by atoms with van der Waals surface area (Å²) in [6.45, 7) is 3.62. The predicted octanol–water partition coefficient (Wildman–Crippen LogP) is 4.14. The first kappa shape index (κ1) is 15.1. The van der Waals surface area contributed by atoms with Crippen molar-refractivity contribution < 1.29 is 13.2 Å². The number of fused-ring (bicyclic) bond motifs is 2. The maximum Gasteiger partial charge on any atom is 0.394 e. The summed E-state index contributed by atoms with van der Waals surface area (Å²) in [6.07, 6.45) is -3.77. The van der Waals surface area contributed by atoms with Crippen LogP contribution in [0.3, 0.4) is 0 Å². The minimum absolute atomic E-state index is 0.00946. The maximum atomic E-state index is 13.3. The molecule has 0 radical (unpaired) electrons. The van der Waals surface area contributed by atoms with Crippen LogP contribution in [0.2, 0.25) is 5.28 Å². The van der Waals surface area contributed by atoms with Crippen LogP contribution in [0.1, 0.15) is 42.3 Å². The Bertz CT molecular complexity index is 814. The van der Waals surface area contributed by atoms with E-state index in [-0.39, 0.29) is 36.4 Å². The molecule has 0 spiro atoms. The number of aromatic nitrogens is 4. The van der Waals surface area contributed by atoms with Crippen molar-refractivity contribution in [2.75, 3.05) is 0 Å². The summed E-state index contributed by atoms with van der Waals surface area (Å²) >= 11 is 5.97. The zero-order valence-corrected chi connectivity index (χ0v) is 13.3. The Morgan fingerprint density at radius 1 is 1.00 bits per heavy atom. The van der Waals surface area contributed by atoms with Gasteiger partial charge in [-0.25, -0.2) is 15.0 Å². The Labute approximate surface area is 135 Å². The molecular formula is C15H14ClF3N4. The fraction of sp³-hybridized carbons (Fsp3) is 0.600. The van der Waals surface area contributed by atoms with Crippen molar-refractivity contribution in [1.82, 2.24) is 19.9 Å². The van der Waals surface area contributed by atoms with Crippen molar-refractivity contribution in [3.8, 4) is 0 Å². The number of hydrogen-bond donors (Lipinski definition) is 0. The lowest BCUT2D eigenvalue weighted by Crippen LogP contribution is -2.42. The molecule has 2 aromatic heterocycles. The van der Waals surface area contributed by atoms with Crippen LogP contribution in [0.25, 0.3) is 11.2 Å². The van der Waals surface area contributed by atoms with Gasteiger partial charge in [0, 0.05) is 5.92 Å². The van der Waals surface area contributed by atoms with E-state index in [0.717, 1.165) is 11.4 Å². The molecule has 0 aromatic carbocycles. The Morgan fingerprint density at radius 3 is 2.26 bits per heavy atom. The van der Waals surface area contributed by atoms with Gasteiger partial charge in [0.05, 0.1) is 22.5 Å². The van der Waals surface area contributed by atoms with Crippen molar-refractivity contribution >= 4 is 22.8 Å². The molecule has 4 nitrogen and oxygen atoms in total. The standard InChI is InChI=1S/C15H14ClF3N4/c1-6-7(2)21-12-11(20-6)10(22-13(16)23-12)9-5-14(15(17,18)19)3-8(9)4-14/h8-9H,3-5H2,1-2H3/t8-,9-,14+/m0/s1. The number of hydrogen-bond acceptors (Lipinski definition) is 4. The molecule has 0 N–H and O–H groups in total. The van der Waals surface area contributed by atoms with Crippen LogP contribution in [-0.2, 0) is 0 Å². The predicted molar refractivity (Wildman–Crippen MR) is 78.2 cm³/mol. The van der Waals surface area contributed by atoms with Crippen LogP contribution in [0.4, 0.5) is 13.2 Å². The van der Waals surface area contributed by atoms with E-state index in [1.54, 1.807) is 0 Å². The summed E-state index contributed by atoms with van der Waals surface area (Å²) in [5.41, 5.74) is 1.24. The maximum absolute atomic E-state index is 13.3. The topological polar surface area (TPSA) is 51.6 Å². The minimum atomic E-state index is -4.16. The first-order chi connectivity index (χ1) is 10.7. The molecule has 3 aliphatic carbocycles. The quantitative estimate of drug-likeness (QED) is 0.731. The van der Waals surface area contributed by atoms with Gasteiger partial charge in [-0.3, -0.25) is 0 Å². The van der Waals surface area contributed by atoms with Crippen LogP contribution in [0.15, 0.2) is 0 Å². The zero-order valence-electron chi connectivity index (χ0n) is 12.6. The van der Waals surface area contributed by atoms with Crippen molar-refractivity contribution in [2.45, 2.75) is 45.2 Å². The third-order valence-corrected chi connectivity index (χ3v) is 5.55. The van der Waals surface area contributed by atoms with Gasteiger partial charge >= 0.3 is 6.18 Å². The van der Waals surface area contributed by atoms with E-state index in [1.165, 1.54) is 0 Å². The summed E-state index contributed by atoms with van der Waals surface area (Å²) in [6, 6.07) is 0. The third kappa shape index (κ3) is 2.05. The SMILES string of the molecule is Cc1nc2nc(Cl)nc([C@H]3C[C@]4(C(F)(F)F)C[C@@H]3C4)c2nc1C. The van der Waals surface area contributed by atoms with E-state index in [4.69, 9.17) is 11.6 Å². The third-order valence-electron chi connectivity index (χ3n) is 5.38. The molecular weight excluding hydrogens is 329 g/mol. The molecule has 0 amide bonds. The molecule has 8 heteroatoms. The highest BCUT2D eigenvalue weighted by atomic mass is 35.5. The highest BCUT2D eigenvalue weighted by Gasteiger charge is 2.69. The fourth-order valence-corrected chi connectivity index (χ4v) is 4.19.